The van der Waals surface area contributed by atoms with Crippen LogP contribution < -0.4 is 5.32 Å². The van der Waals surface area contributed by atoms with Crippen molar-refractivity contribution < 1.29 is 32.6 Å². The maximum absolute atomic E-state index is 12.7. The number of aliphatic carboxylic acids is 1. The molecule has 1 spiro atoms. The largest absolute Gasteiger partial charge is 0.490 e. The second-order valence-corrected chi connectivity index (χ2v) is 8.59. The molecule has 1 aliphatic carbocycles. The smallest absolute Gasteiger partial charge is 0.475 e. The molecule has 4 rings (SSSR count). The van der Waals surface area contributed by atoms with Gasteiger partial charge >= 0.3 is 12.1 Å². The molecule has 2 saturated heterocycles. The van der Waals surface area contributed by atoms with Crippen LogP contribution in [0.3, 0.4) is 0 Å². The van der Waals surface area contributed by atoms with Crippen molar-refractivity contribution >= 4 is 17.8 Å². The van der Waals surface area contributed by atoms with Crippen molar-refractivity contribution in [2.75, 3.05) is 25.0 Å². The zero-order valence-electron chi connectivity index (χ0n) is 18.3. The molecule has 1 amide bonds. The Hall–Kier alpha value is -2.69. The highest BCUT2D eigenvalue weighted by Crippen LogP contribution is 2.35. The van der Waals surface area contributed by atoms with E-state index in [0.717, 1.165) is 45.3 Å². The summed E-state index contributed by atoms with van der Waals surface area (Å²) < 4.78 is 37.9. The van der Waals surface area contributed by atoms with Gasteiger partial charge in [0.15, 0.2) is 0 Å². The van der Waals surface area contributed by atoms with Gasteiger partial charge in [-0.25, -0.2) is 14.8 Å². The Morgan fingerprint density at radius 1 is 1.27 bits per heavy atom. The van der Waals surface area contributed by atoms with E-state index < -0.39 is 12.1 Å². The predicted octanol–water partition coefficient (Wildman–Crippen LogP) is 3.56. The van der Waals surface area contributed by atoms with Crippen molar-refractivity contribution in [3.05, 3.63) is 30.1 Å². The molecule has 2 fully saturated rings. The molecular formula is C22H29F3N4O4. The Morgan fingerprint density at radius 2 is 2.00 bits per heavy atom. The zero-order valence-corrected chi connectivity index (χ0v) is 18.3. The number of carbonyl (C=O) groups is 2. The van der Waals surface area contributed by atoms with Crippen molar-refractivity contribution in [2.45, 2.75) is 69.2 Å². The van der Waals surface area contributed by atoms with Crippen molar-refractivity contribution in [3.8, 4) is 0 Å². The van der Waals surface area contributed by atoms with E-state index >= 15 is 0 Å². The number of halogens is 3. The van der Waals surface area contributed by atoms with Crippen molar-refractivity contribution in [1.29, 1.82) is 0 Å². The van der Waals surface area contributed by atoms with Crippen molar-refractivity contribution in [1.82, 2.24) is 14.9 Å². The average Bonchev–Trinajstić information content (AvgIpc) is 3.18. The molecule has 11 heteroatoms. The minimum Gasteiger partial charge on any atom is -0.475 e. The number of carboxylic acid groups (broad SMARTS) is 1. The number of ether oxygens (including phenoxy) is 1. The number of carboxylic acids is 1. The van der Waals surface area contributed by atoms with Crippen LogP contribution in [0.4, 0.5) is 19.1 Å². The summed E-state index contributed by atoms with van der Waals surface area (Å²) in [5.74, 6) is -1.82. The second kappa shape index (κ2) is 11.0. The molecule has 0 aromatic carbocycles. The van der Waals surface area contributed by atoms with Gasteiger partial charge < -0.3 is 20.1 Å². The molecule has 2 atom stereocenters. The number of hydrogen-bond acceptors (Lipinski definition) is 6. The summed E-state index contributed by atoms with van der Waals surface area (Å²) in [4.78, 5) is 32.1. The molecular weight excluding hydrogens is 441 g/mol. The number of anilines is 1. The summed E-state index contributed by atoms with van der Waals surface area (Å²) in [7, 11) is 0. The van der Waals surface area contributed by atoms with Gasteiger partial charge in [-0.3, -0.25) is 4.79 Å². The fraction of sp³-hybridized carbons (Fsp3) is 0.636. The Kier molecular flexibility index (Phi) is 8.28. The summed E-state index contributed by atoms with van der Waals surface area (Å²) in [6.45, 7) is 2.24. The topological polar surface area (TPSA) is 105 Å². The number of likely N-dealkylation sites (tertiary alicyclic amines) is 1. The standard InChI is InChI=1S/C20H28N4O2.C2HF3O2/c25-18(13-16-5-2-1-3-6-16)24-11-8-20(15-24)14-17(7-12-26-20)23-19-21-9-4-10-22-19;3-2(4,5)1(6)7/h4-5,9-10,17H,1-3,6-8,11-15H2,(H,21,22,23);(H,6,7)/t17-,20-;/m1./s1. The third-order valence-corrected chi connectivity index (χ3v) is 6.07. The van der Waals surface area contributed by atoms with E-state index in [-0.39, 0.29) is 11.5 Å². The lowest BCUT2D eigenvalue weighted by Crippen LogP contribution is -2.47. The first-order chi connectivity index (χ1) is 15.7. The molecule has 1 aromatic heterocycles. The molecule has 8 nitrogen and oxygen atoms in total. The van der Waals surface area contributed by atoms with Gasteiger partial charge in [-0.1, -0.05) is 11.6 Å². The molecule has 33 heavy (non-hydrogen) atoms. The lowest BCUT2D eigenvalue weighted by atomic mass is 9.89. The normalized spacial score (nSPS) is 25.1. The predicted molar refractivity (Wildman–Crippen MR) is 113 cm³/mol. The highest BCUT2D eigenvalue weighted by atomic mass is 19.4. The first-order valence-corrected chi connectivity index (χ1v) is 11.1. The van der Waals surface area contributed by atoms with Gasteiger partial charge in [0, 0.05) is 44.6 Å². The molecule has 1 aromatic rings. The van der Waals surface area contributed by atoms with E-state index in [1.54, 1.807) is 12.4 Å². The van der Waals surface area contributed by atoms with Gasteiger partial charge in [0.25, 0.3) is 0 Å². The zero-order chi connectivity index (χ0) is 23.9. The van der Waals surface area contributed by atoms with E-state index in [1.165, 1.54) is 18.4 Å². The summed E-state index contributed by atoms with van der Waals surface area (Å²) in [6, 6.07) is 2.11. The Labute approximate surface area is 190 Å². The minimum absolute atomic E-state index is 0.207. The molecule has 2 N–H and O–H groups in total. The fourth-order valence-corrected chi connectivity index (χ4v) is 4.42. The molecule has 3 heterocycles. The molecule has 0 bridgehead atoms. The maximum Gasteiger partial charge on any atom is 0.490 e. The molecule has 0 saturated carbocycles. The summed E-state index contributed by atoms with van der Waals surface area (Å²) >= 11 is 0. The fourth-order valence-electron chi connectivity index (χ4n) is 4.42. The highest BCUT2D eigenvalue weighted by Gasteiger charge is 2.44. The van der Waals surface area contributed by atoms with Gasteiger partial charge in [-0.2, -0.15) is 13.2 Å². The minimum atomic E-state index is -5.08. The Morgan fingerprint density at radius 3 is 2.64 bits per heavy atom. The van der Waals surface area contributed by atoms with Crippen LogP contribution in [-0.4, -0.2) is 69.4 Å². The third kappa shape index (κ3) is 7.41. The quantitative estimate of drug-likeness (QED) is 0.649. The van der Waals surface area contributed by atoms with Gasteiger partial charge in [0.1, 0.15) is 0 Å². The summed E-state index contributed by atoms with van der Waals surface area (Å²) in [5, 5.41) is 10.6. The van der Waals surface area contributed by atoms with Crippen molar-refractivity contribution in [3.63, 3.8) is 0 Å². The molecule has 3 aliphatic rings. The summed E-state index contributed by atoms with van der Waals surface area (Å²) in [5.41, 5.74) is 1.12. The number of alkyl halides is 3. The third-order valence-electron chi connectivity index (χ3n) is 6.07. The maximum atomic E-state index is 12.7. The number of aromatic nitrogens is 2. The van der Waals surface area contributed by atoms with Crippen LogP contribution in [0.1, 0.15) is 51.4 Å². The van der Waals surface area contributed by atoms with E-state index in [1.807, 2.05) is 11.0 Å². The monoisotopic (exact) mass is 470 g/mol. The van der Waals surface area contributed by atoms with Crippen LogP contribution in [0.2, 0.25) is 0 Å². The Balaban J connectivity index is 0.000000383. The van der Waals surface area contributed by atoms with Crippen LogP contribution in [-0.2, 0) is 14.3 Å². The van der Waals surface area contributed by atoms with Gasteiger partial charge in [-0.05, 0) is 51.0 Å². The molecule has 0 unspecified atom stereocenters. The van der Waals surface area contributed by atoms with Crippen LogP contribution >= 0.6 is 0 Å². The van der Waals surface area contributed by atoms with Crippen LogP contribution in [0, 0.1) is 0 Å². The number of nitrogens with one attached hydrogen (secondary N) is 1. The first kappa shape index (κ1) is 24.9. The van der Waals surface area contributed by atoms with E-state index in [2.05, 4.69) is 21.4 Å². The van der Waals surface area contributed by atoms with Crippen molar-refractivity contribution in [2.24, 2.45) is 0 Å². The van der Waals surface area contributed by atoms with Crippen LogP contribution in [0.25, 0.3) is 0 Å². The molecule has 0 radical (unpaired) electrons. The second-order valence-electron chi connectivity index (χ2n) is 8.59. The Bertz CT molecular complexity index is 850. The van der Waals surface area contributed by atoms with E-state index in [0.29, 0.717) is 25.0 Å². The lowest BCUT2D eigenvalue weighted by Gasteiger charge is -2.38. The average molecular weight is 470 g/mol. The lowest BCUT2D eigenvalue weighted by molar-refractivity contribution is -0.192. The van der Waals surface area contributed by atoms with Gasteiger partial charge in [0.2, 0.25) is 11.9 Å². The van der Waals surface area contributed by atoms with Gasteiger partial charge in [0.05, 0.1) is 5.60 Å². The van der Waals surface area contributed by atoms with Crippen LogP contribution in [0.5, 0.6) is 0 Å². The number of rotatable bonds is 4. The first-order valence-electron chi connectivity index (χ1n) is 11.1. The SMILES string of the molecule is O=C(CC1=CCCCC1)N1CC[C@@]2(C[C@H](Nc3ncccn3)CCO2)C1.O=C(O)C(F)(F)F. The molecule has 182 valence electrons. The van der Waals surface area contributed by atoms with E-state index in [4.69, 9.17) is 14.6 Å². The summed E-state index contributed by atoms with van der Waals surface area (Å²) in [6.07, 6.45) is 8.75. The number of carbonyl (C=O) groups excluding carboxylic acids is 1. The number of nitrogens with zero attached hydrogens (tertiary/aromatic N) is 3. The molecule has 2 aliphatic heterocycles. The highest BCUT2D eigenvalue weighted by molar-refractivity contribution is 5.79. The van der Waals surface area contributed by atoms with Gasteiger partial charge in [-0.15, -0.1) is 0 Å². The number of amides is 1. The number of hydrogen-bond donors (Lipinski definition) is 2. The number of allylic oxidation sites excluding steroid dienone is 1. The van der Waals surface area contributed by atoms with E-state index in [9.17, 15) is 18.0 Å². The van der Waals surface area contributed by atoms with Crippen LogP contribution in [0.15, 0.2) is 30.1 Å².